The molecule has 0 radical (unpaired) electrons. The second-order valence-corrected chi connectivity index (χ2v) is 6.30. The molecular weight excluding hydrogens is 378 g/mol. The zero-order chi connectivity index (χ0) is 21.6. The predicted octanol–water partition coefficient (Wildman–Crippen LogP) is 2.79. The number of carbonyl (C=O) groups is 3. The summed E-state index contributed by atoms with van der Waals surface area (Å²) in [5.74, 6) is -0.435. The number of rotatable bonds is 9. The topological polar surface area (TPSA) is 104 Å². The molecular formula is C21H25NO7. The lowest BCUT2D eigenvalue weighted by molar-refractivity contribution is -0.141. The van der Waals surface area contributed by atoms with Gasteiger partial charge in [-0.25, -0.2) is 4.79 Å². The highest BCUT2D eigenvalue weighted by Crippen LogP contribution is 2.27. The molecule has 8 nitrogen and oxygen atoms in total. The highest BCUT2D eigenvalue weighted by atomic mass is 16.5. The number of ketones is 1. The summed E-state index contributed by atoms with van der Waals surface area (Å²) in [6, 6.07) is 5.08. The number of H-pyrrole nitrogens is 1. The molecule has 8 heteroatoms. The zero-order valence-corrected chi connectivity index (χ0v) is 17.2. The second kappa shape index (κ2) is 9.77. The Labute approximate surface area is 169 Å². The van der Waals surface area contributed by atoms with Crippen molar-refractivity contribution in [3.8, 4) is 11.5 Å². The number of nitrogens with one attached hydrogen (secondary N) is 1. The van der Waals surface area contributed by atoms with Crippen molar-refractivity contribution in [1.82, 2.24) is 4.98 Å². The van der Waals surface area contributed by atoms with Crippen LogP contribution in [0.1, 0.15) is 44.6 Å². The van der Waals surface area contributed by atoms with Gasteiger partial charge in [-0.05, 0) is 44.0 Å². The van der Waals surface area contributed by atoms with E-state index in [9.17, 15) is 14.4 Å². The Morgan fingerprint density at radius 3 is 2.31 bits per heavy atom. The van der Waals surface area contributed by atoms with Crippen molar-refractivity contribution >= 4 is 17.7 Å². The van der Waals surface area contributed by atoms with E-state index in [1.165, 1.54) is 14.2 Å². The maximum absolute atomic E-state index is 12.5. The number of aryl methyl sites for hydroxylation is 1. The van der Waals surface area contributed by atoms with Crippen molar-refractivity contribution < 1.29 is 33.3 Å². The molecule has 0 saturated carbocycles. The molecule has 0 amide bonds. The molecule has 1 heterocycles. The minimum Gasteiger partial charge on any atom is -0.493 e. The van der Waals surface area contributed by atoms with Crippen molar-refractivity contribution in [2.75, 3.05) is 27.4 Å². The first-order valence-corrected chi connectivity index (χ1v) is 9.08. The fraction of sp³-hybridized carbons (Fsp3) is 0.381. The maximum atomic E-state index is 12.5. The van der Waals surface area contributed by atoms with Crippen LogP contribution in [0.25, 0.3) is 0 Å². The Kier molecular flexibility index (Phi) is 7.41. The number of hydrogen-bond donors (Lipinski definition) is 1. The van der Waals surface area contributed by atoms with Gasteiger partial charge in [-0.2, -0.15) is 0 Å². The van der Waals surface area contributed by atoms with E-state index >= 15 is 0 Å². The largest absolute Gasteiger partial charge is 0.493 e. The number of aromatic amines is 1. The number of aromatic nitrogens is 1. The second-order valence-electron chi connectivity index (χ2n) is 6.30. The van der Waals surface area contributed by atoms with Crippen molar-refractivity contribution in [2.24, 2.45) is 0 Å². The van der Waals surface area contributed by atoms with E-state index in [1.807, 2.05) is 0 Å². The average molecular weight is 403 g/mol. The molecule has 0 spiro atoms. The van der Waals surface area contributed by atoms with Crippen LogP contribution in [0.5, 0.6) is 11.5 Å². The standard InChI is InChI=1S/C21H25NO7/c1-6-28-21(25)19-12(2)20(22-13(19)3)15(23)11-29-18(24)10-14-7-8-16(26-4)17(9-14)27-5/h7-9,22H,6,10-11H2,1-5H3. The average Bonchev–Trinajstić information content (AvgIpc) is 3.00. The van der Waals surface area contributed by atoms with Crippen molar-refractivity contribution in [3.05, 3.63) is 46.3 Å². The third-order valence-corrected chi connectivity index (χ3v) is 4.36. The Balaban J connectivity index is 2.01. The summed E-state index contributed by atoms with van der Waals surface area (Å²) < 4.78 is 20.5. The van der Waals surface area contributed by atoms with Crippen LogP contribution in [0.3, 0.4) is 0 Å². The molecule has 0 aliphatic rings. The van der Waals surface area contributed by atoms with Gasteiger partial charge >= 0.3 is 11.9 Å². The quantitative estimate of drug-likeness (QED) is 0.507. The lowest BCUT2D eigenvalue weighted by Gasteiger charge is -2.09. The van der Waals surface area contributed by atoms with Gasteiger partial charge in [0.15, 0.2) is 18.1 Å². The number of methoxy groups -OCH3 is 2. The molecule has 29 heavy (non-hydrogen) atoms. The number of benzene rings is 1. The summed E-state index contributed by atoms with van der Waals surface area (Å²) in [5.41, 5.74) is 2.22. The molecule has 1 N–H and O–H groups in total. The Morgan fingerprint density at radius 1 is 1.00 bits per heavy atom. The van der Waals surface area contributed by atoms with E-state index in [1.54, 1.807) is 39.0 Å². The van der Waals surface area contributed by atoms with Crippen molar-refractivity contribution in [2.45, 2.75) is 27.2 Å². The number of hydrogen-bond acceptors (Lipinski definition) is 7. The molecule has 0 aliphatic heterocycles. The van der Waals surface area contributed by atoms with Crippen LogP contribution in [-0.2, 0) is 20.7 Å². The highest BCUT2D eigenvalue weighted by molar-refractivity contribution is 6.02. The molecule has 1 aromatic heterocycles. The van der Waals surface area contributed by atoms with Crippen LogP contribution in [0, 0.1) is 13.8 Å². The summed E-state index contributed by atoms with van der Waals surface area (Å²) in [5, 5.41) is 0. The lowest BCUT2D eigenvalue weighted by Crippen LogP contribution is -2.17. The molecule has 0 bridgehead atoms. The summed E-state index contributed by atoms with van der Waals surface area (Å²) in [6.07, 6.45) is -0.0234. The third-order valence-electron chi connectivity index (χ3n) is 4.36. The van der Waals surface area contributed by atoms with Crippen LogP contribution in [0.4, 0.5) is 0 Å². The number of Topliss-reactive ketones (excluding diaryl/α,β-unsaturated/α-hetero) is 1. The molecule has 0 saturated heterocycles. The van der Waals surface area contributed by atoms with E-state index in [2.05, 4.69) is 4.98 Å². The summed E-state index contributed by atoms with van der Waals surface area (Å²) in [4.78, 5) is 39.5. The highest BCUT2D eigenvalue weighted by Gasteiger charge is 2.23. The van der Waals surface area contributed by atoms with Gasteiger partial charge in [0.2, 0.25) is 5.78 Å². The minimum atomic E-state index is -0.558. The maximum Gasteiger partial charge on any atom is 0.340 e. The molecule has 0 atom stereocenters. The van der Waals surface area contributed by atoms with Gasteiger partial charge in [0.25, 0.3) is 0 Å². The molecule has 0 fully saturated rings. The van der Waals surface area contributed by atoms with Crippen LogP contribution in [0.15, 0.2) is 18.2 Å². The number of esters is 2. The Hall–Kier alpha value is -3.29. The molecule has 2 aromatic rings. The van der Waals surface area contributed by atoms with Gasteiger partial charge in [0.1, 0.15) is 0 Å². The monoisotopic (exact) mass is 403 g/mol. The smallest absolute Gasteiger partial charge is 0.340 e. The first-order valence-electron chi connectivity index (χ1n) is 9.08. The van der Waals surface area contributed by atoms with Crippen molar-refractivity contribution in [1.29, 1.82) is 0 Å². The predicted molar refractivity (Wildman–Crippen MR) is 105 cm³/mol. The fourth-order valence-electron chi connectivity index (χ4n) is 2.96. The fourth-order valence-corrected chi connectivity index (χ4v) is 2.96. The van der Waals surface area contributed by atoms with E-state index < -0.39 is 24.3 Å². The number of ether oxygens (including phenoxy) is 4. The van der Waals surface area contributed by atoms with Gasteiger partial charge in [-0.15, -0.1) is 0 Å². The van der Waals surface area contributed by atoms with Gasteiger partial charge in [0.05, 0.1) is 38.5 Å². The first-order chi connectivity index (χ1) is 13.8. The van der Waals surface area contributed by atoms with E-state index in [4.69, 9.17) is 18.9 Å². The van der Waals surface area contributed by atoms with Gasteiger partial charge in [-0.3, -0.25) is 9.59 Å². The van der Waals surface area contributed by atoms with E-state index in [0.29, 0.717) is 33.9 Å². The van der Waals surface area contributed by atoms with Crippen LogP contribution >= 0.6 is 0 Å². The summed E-state index contributed by atoms with van der Waals surface area (Å²) >= 11 is 0. The van der Waals surface area contributed by atoms with Crippen molar-refractivity contribution in [3.63, 3.8) is 0 Å². The van der Waals surface area contributed by atoms with Gasteiger partial charge in [-0.1, -0.05) is 6.07 Å². The van der Waals surface area contributed by atoms with Crippen LogP contribution in [0.2, 0.25) is 0 Å². The first kappa shape index (κ1) is 22.0. The van der Waals surface area contributed by atoms with Crippen LogP contribution < -0.4 is 9.47 Å². The van der Waals surface area contributed by atoms with Gasteiger partial charge < -0.3 is 23.9 Å². The Bertz CT molecular complexity index is 914. The summed E-state index contributed by atoms with van der Waals surface area (Å²) in [7, 11) is 3.03. The minimum absolute atomic E-state index is 0.0234. The molecule has 156 valence electrons. The molecule has 0 aliphatic carbocycles. The van der Waals surface area contributed by atoms with E-state index in [-0.39, 0.29) is 18.7 Å². The molecule has 0 unspecified atom stereocenters. The number of carbonyl (C=O) groups excluding carboxylic acids is 3. The normalized spacial score (nSPS) is 10.4. The SMILES string of the molecule is CCOC(=O)c1c(C)[nH]c(C(=O)COC(=O)Cc2ccc(OC)c(OC)c2)c1C. The lowest BCUT2D eigenvalue weighted by atomic mass is 10.1. The van der Waals surface area contributed by atoms with E-state index in [0.717, 1.165) is 0 Å². The van der Waals surface area contributed by atoms with Gasteiger partial charge in [0, 0.05) is 5.69 Å². The zero-order valence-electron chi connectivity index (χ0n) is 17.2. The Morgan fingerprint density at radius 2 is 1.69 bits per heavy atom. The summed E-state index contributed by atoms with van der Waals surface area (Å²) in [6.45, 7) is 4.84. The third kappa shape index (κ3) is 5.16. The van der Waals surface area contributed by atoms with Crippen LogP contribution in [-0.4, -0.2) is 50.1 Å². The molecule has 1 aromatic carbocycles. The molecule has 2 rings (SSSR count).